The summed E-state index contributed by atoms with van der Waals surface area (Å²) >= 11 is 0. The van der Waals surface area contributed by atoms with Crippen LogP contribution in [0.1, 0.15) is 25.7 Å². The second-order valence-electron chi connectivity index (χ2n) is 4.96. The van der Waals surface area contributed by atoms with Gasteiger partial charge in [0.15, 0.2) is 0 Å². The zero-order valence-electron chi connectivity index (χ0n) is 9.70. The summed E-state index contributed by atoms with van der Waals surface area (Å²) in [6, 6.07) is 0. The molecule has 2 aliphatic rings. The van der Waals surface area contributed by atoms with E-state index in [4.69, 9.17) is 5.73 Å². The van der Waals surface area contributed by atoms with Crippen molar-refractivity contribution in [3.8, 4) is 0 Å². The molecule has 1 aliphatic carbocycles. The van der Waals surface area contributed by atoms with Crippen molar-refractivity contribution in [3.05, 3.63) is 0 Å². The van der Waals surface area contributed by atoms with Gasteiger partial charge in [0.05, 0.1) is 0 Å². The lowest BCUT2D eigenvalue weighted by atomic mass is 9.66. The Labute approximate surface area is 99.5 Å². The van der Waals surface area contributed by atoms with Crippen LogP contribution in [-0.4, -0.2) is 42.3 Å². The molecule has 0 spiro atoms. The zero-order chi connectivity index (χ0) is 12.5. The van der Waals surface area contributed by atoms with Gasteiger partial charge in [0.2, 0.25) is 17.7 Å². The maximum absolute atomic E-state index is 12.0. The number of hydrogen-bond acceptors (Lipinski definition) is 4. The van der Waals surface area contributed by atoms with Crippen molar-refractivity contribution >= 4 is 17.7 Å². The minimum atomic E-state index is -0.412. The number of rotatable bonds is 3. The van der Waals surface area contributed by atoms with E-state index in [-0.39, 0.29) is 24.4 Å². The predicted molar refractivity (Wildman–Crippen MR) is 59.7 cm³/mol. The average molecular weight is 239 g/mol. The molecule has 1 saturated carbocycles. The summed E-state index contributed by atoms with van der Waals surface area (Å²) in [6.07, 6.45) is 3.38. The number of hydrogen-bond donors (Lipinski definition) is 2. The Morgan fingerprint density at radius 1 is 1.29 bits per heavy atom. The van der Waals surface area contributed by atoms with Gasteiger partial charge in [-0.2, -0.15) is 0 Å². The van der Waals surface area contributed by atoms with E-state index in [0.717, 1.165) is 19.3 Å². The van der Waals surface area contributed by atoms with Crippen LogP contribution in [0.3, 0.4) is 0 Å². The second kappa shape index (κ2) is 4.44. The van der Waals surface area contributed by atoms with Gasteiger partial charge >= 0.3 is 0 Å². The van der Waals surface area contributed by atoms with Crippen LogP contribution in [0.15, 0.2) is 0 Å². The highest BCUT2D eigenvalue weighted by Crippen LogP contribution is 2.43. The van der Waals surface area contributed by atoms with Crippen molar-refractivity contribution < 1.29 is 14.4 Å². The summed E-state index contributed by atoms with van der Waals surface area (Å²) in [5.41, 5.74) is 5.60. The quantitative estimate of drug-likeness (QED) is 0.617. The van der Waals surface area contributed by atoms with Crippen molar-refractivity contribution in [2.75, 3.05) is 19.6 Å². The molecule has 0 aromatic carbocycles. The molecule has 0 radical (unpaired) electrons. The number of nitrogens with two attached hydrogens (primary N) is 1. The molecule has 0 bridgehead atoms. The monoisotopic (exact) mass is 239 g/mol. The lowest BCUT2D eigenvalue weighted by Gasteiger charge is -2.41. The Morgan fingerprint density at radius 2 is 1.88 bits per heavy atom. The molecule has 1 aliphatic heterocycles. The summed E-state index contributed by atoms with van der Waals surface area (Å²) in [4.78, 5) is 35.6. The number of carbonyl (C=O) groups excluding carboxylic acids is 3. The Hall–Kier alpha value is -1.43. The SMILES string of the molecule is NCC1(CC(=O)N2CC(=O)NC(=O)C2)CCC1. The fourth-order valence-electron chi connectivity index (χ4n) is 2.38. The molecule has 17 heavy (non-hydrogen) atoms. The molecule has 0 aromatic rings. The Morgan fingerprint density at radius 3 is 2.29 bits per heavy atom. The Kier molecular flexibility index (Phi) is 3.15. The van der Waals surface area contributed by atoms with Crippen molar-refractivity contribution in [3.63, 3.8) is 0 Å². The smallest absolute Gasteiger partial charge is 0.246 e. The number of nitrogens with zero attached hydrogens (tertiary/aromatic N) is 1. The van der Waals surface area contributed by atoms with Crippen LogP contribution in [0.2, 0.25) is 0 Å². The van der Waals surface area contributed by atoms with E-state index in [1.165, 1.54) is 4.90 Å². The first-order valence-electron chi connectivity index (χ1n) is 5.85. The zero-order valence-corrected chi connectivity index (χ0v) is 9.70. The van der Waals surface area contributed by atoms with Crippen LogP contribution in [0.25, 0.3) is 0 Å². The van der Waals surface area contributed by atoms with E-state index in [9.17, 15) is 14.4 Å². The standard InChI is InChI=1S/C11H17N3O3/c12-7-11(2-1-3-11)4-10(17)14-5-8(15)13-9(16)6-14/h1-7,12H2,(H,13,15,16). The number of piperazine rings is 1. The van der Waals surface area contributed by atoms with Gasteiger partial charge in [0.1, 0.15) is 13.1 Å². The second-order valence-corrected chi connectivity index (χ2v) is 4.96. The average Bonchev–Trinajstić information content (AvgIpc) is 2.21. The molecule has 2 fully saturated rings. The lowest BCUT2D eigenvalue weighted by molar-refractivity contribution is -0.147. The molecule has 3 amide bonds. The molecule has 6 nitrogen and oxygen atoms in total. The highest BCUT2D eigenvalue weighted by molar-refractivity contribution is 6.02. The van der Waals surface area contributed by atoms with Gasteiger partial charge in [-0.05, 0) is 24.8 Å². The maximum atomic E-state index is 12.0. The van der Waals surface area contributed by atoms with Gasteiger partial charge in [-0.25, -0.2) is 0 Å². The van der Waals surface area contributed by atoms with E-state index < -0.39 is 11.8 Å². The first-order valence-corrected chi connectivity index (χ1v) is 5.85. The molecule has 0 atom stereocenters. The summed E-state index contributed by atoms with van der Waals surface area (Å²) in [6.45, 7) is 0.448. The predicted octanol–water partition coefficient (Wildman–Crippen LogP) is -1.01. The molecule has 1 saturated heterocycles. The third-order valence-corrected chi connectivity index (χ3v) is 3.67. The summed E-state index contributed by atoms with van der Waals surface area (Å²) in [5, 5.41) is 2.17. The third-order valence-electron chi connectivity index (χ3n) is 3.67. The van der Waals surface area contributed by atoms with Crippen LogP contribution in [-0.2, 0) is 14.4 Å². The van der Waals surface area contributed by atoms with Gasteiger partial charge in [-0.3, -0.25) is 19.7 Å². The van der Waals surface area contributed by atoms with Crippen molar-refractivity contribution in [1.29, 1.82) is 0 Å². The van der Waals surface area contributed by atoms with Crippen molar-refractivity contribution in [2.24, 2.45) is 11.1 Å². The van der Waals surface area contributed by atoms with Crippen LogP contribution in [0.5, 0.6) is 0 Å². The minimum Gasteiger partial charge on any atom is -0.330 e. The van der Waals surface area contributed by atoms with Crippen LogP contribution in [0, 0.1) is 5.41 Å². The van der Waals surface area contributed by atoms with Gasteiger partial charge < -0.3 is 10.6 Å². The van der Waals surface area contributed by atoms with Gasteiger partial charge in [-0.15, -0.1) is 0 Å². The van der Waals surface area contributed by atoms with Crippen molar-refractivity contribution in [2.45, 2.75) is 25.7 Å². The maximum Gasteiger partial charge on any atom is 0.246 e. The van der Waals surface area contributed by atoms with Crippen LogP contribution >= 0.6 is 0 Å². The van der Waals surface area contributed by atoms with E-state index in [1.807, 2.05) is 0 Å². The molecular weight excluding hydrogens is 222 g/mol. The molecule has 6 heteroatoms. The first kappa shape index (κ1) is 12.0. The number of amides is 3. The molecule has 0 aromatic heterocycles. The van der Waals surface area contributed by atoms with Crippen molar-refractivity contribution in [1.82, 2.24) is 10.2 Å². The highest BCUT2D eigenvalue weighted by Gasteiger charge is 2.39. The molecule has 1 heterocycles. The fraction of sp³-hybridized carbons (Fsp3) is 0.727. The Balaban J connectivity index is 1.95. The van der Waals surface area contributed by atoms with Crippen LogP contribution < -0.4 is 11.1 Å². The summed E-state index contributed by atoms with van der Waals surface area (Å²) < 4.78 is 0. The summed E-state index contributed by atoms with van der Waals surface area (Å²) in [5.74, 6) is -0.964. The Bertz CT molecular complexity index is 341. The number of carbonyl (C=O) groups is 3. The molecule has 2 rings (SSSR count). The number of nitrogens with one attached hydrogen (secondary N) is 1. The first-order chi connectivity index (χ1) is 8.04. The molecule has 3 N–H and O–H groups in total. The summed E-state index contributed by atoms with van der Waals surface area (Å²) in [7, 11) is 0. The fourth-order valence-corrected chi connectivity index (χ4v) is 2.38. The van der Waals surface area contributed by atoms with Gasteiger partial charge in [0.25, 0.3) is 0 Å². The van der Waals surface area contributed by atoms with Gasteiger partial charge in [-0.1, -0.05) is 6.42 Å². The van der Waals surface area contributed by atoms with Gasteiger partial charge in [0, 0.05) is 6.42 Å². The van der Waals surface area contributed by atoms with E-state index >= 15 is 0 Å². The van der Waals surface area contributed by atoms with E-state index in [1.54, 1.807) is 0 Å². The minimum absolute atomic E-state index is 0.0226. The normalized spacial score (nSPS) is 23.0. The highest BCUT2D eigenvalue weighted by atomic mass is 16.2. The molecule has 94 valence electrons. The molecule has 0 unspecified atom stereocenters. The lowest BCUT2D eigenvalue weighted by Crippen LogP contribution is -2.54. The topological polar surface area (TPSA) is 92.5 Å². The van der Waals surface area contributed by atoms with E-state index in [0.29, 0.717) is 13.0 Å². The van der Waals surface area contributed by atoms with Crippen LogP contribution in [0.4, 0.5) is 0 Å². The van der Waals surface area contributed by atoms with E-state index in [2.05, 4.69) is 5.32 Å². The largest absolute Gasteiger partial charge is 0.330 e. The molecular formula is C11H17N3O3. The third kappa shape index (κ3) is 2.46. The number of imide groups is 1.